The van der Waals surface area contributed by atoms with E-state index in [9.17, 15) is 4.79 Å². The zero-order chi connectivity index (χ0) is 9.10. The summed E-state index contributed by atoms with van der Waals surface area (Å²) in [5, 5.41) is 9.17. The van der Waals surface area contributed by atoms with E-state index in [0.29, 0.717) is 12.1 Å². The number of hydrogen-bond donors (Lipinski definition) is 3. The molecule has 0 aromatic carbocycles. The number of amides is 2. The first-order valence-electron chi connectivity index (χ1n) is 5.12. The van der Waals surface area contributed by atoms with E-state index in [1.807, 2.05) is 0 Å². The maximum atomic E-state index is 11.3. The van der Waals surface area contributed by atoms with Crippen LogP contribution in [0.25, 0.3) is 0 Å². The molecule has 2 amide bonds. The highest BCUT2D eigenvalue weighted by Gasteiger charge is 2.24. The van der Waals surface area contributed by atoms with Gasteiger partial charge in [-0.1, -0.05) is 0 Å². The van der Waals surface area contributed by atoms with Crippen molar-refractivity contribution in [2.45, 2.75) is 37.8 Å². The molecule has 1 aliphatic carbocycles. The normalized spacial score (nSPS) is 28.2. The smallest absolute Gasteiger partial charge is 0.315 e. The van der Waals surface area contributed by atoms with Gasteiger partial charge in [0.15, 0.2) is 0 Å². The minimum atomic E-state index is 0.0104. The van der Waals surface area contributed by atoms with Crippen LogP contribution in [0.4, 0.5) is 4.79 Å². The largest absolute Gasteiger partial charge is 0.335 e. The lowest BCUT2D eigenvalue weighted by atomic mass is 10.1. The molecule has 2 aliphatic rings. The van der Waals surface area contributed by atoms with Crippen LogP contribution in [-0.4, -0.2) is 31.2 Å². The molecule has 1 saturated carbocycles. The number of nitrogens with one attached hydrogen (secondary N) is 3. The van der Waals surface area contributed by atoms with Crippen molar-refractivity contribution in [3.8, 4) is 0 Å². The second kappa shape index (κ2) is 3.96. The third-order valence-electron chi connectivity index (χ3n) is 2.54. The molecule has 0 unspecified atom stereocenters. The summed E-state index contributed by atoms with van der Waals surface area (Å²) in [6.07, 6.45) is 4.56. The highest BCUT2D eigenvalue weighted by molar-refractivity contribution is 5.74. The second-order valence-electron chi connectivity index (χ2n) is 3.94. The van der Waals surface area contributed by atoms with E-state index in [1.54, 1.807) is 0 Å². The lowest BCUT2D eigenvalue weighted by Crippen LogP contribution is -2.49. The Kier molecular flexibility index (Phi) is 2.68. The maximum Gasteiger partial charge on any atom is 0.315 e. The topological polar surface area (TPSA) is 53.2 Å². The Labute approximate surface area is 78.5 Å². The molecule has 4 heteroatoms. The monoisotopic (exact) mass is 183 g/mol. The Morgan fingerprint density at radius 1 is 1.15 bits per heavy atom. The number of rotatable bonds is 2. The van der Waals surface area contributed by atoms with Crippen molar-refractivity contribution in [3.05, 3.63) is 0 Å². The molecule has 2 fully saturated rings. The summed E-state index contributed by atoms with van der Waals surface area (Å²) in [4.78, 5) is 11.3. The quantitative estimate of drug-likeness (QED) is 0.573. The van der Waals surface area contributed by atoms with Crippen molar-refractivity contribution in [1.82, 2.24) is 16.0 Å². The van der Waals surface area contributed by atoms with Crippen LogP contribution in [0.3, 0.4) is 0 Å². The molecule has 1 atom stereocenters. The first kappa shape index (κ1) is 8.81. The second-order valence-corrected chi connectivity index (χ2v) is 3.94. The van der Waals surface area contributed by atoms with Crippen molar-refractivity contribution in [1.29, 1.82) is 0 Å². The van der Waals surface area contributed by atoms with E-state index >= 15 is 0 Å². The number of urea groups is 1. The zero-order valence-electron chi connectivity index (χ0n) is 7.81. The van der Waals surface area contributed by atoms with Crippen LogP contribution in [0.1, 0.15) is 25.7 Å². The van der Waals surface area contributed by atoms with Gasteiger partial charge in [0.2, 0.25) is 0 Å². The number of carbonyl (C=O) groups excluding carboxylic acids is 1. The molecular formula is C9H17N3O. The molecule has 0 radical (unpaired) electrons. The molecule has 0 spiro atoms. The van der Waals surface area contributed by atoms with Crippen molar-refractivity contribution >= 4 is 6.03 Å². The van der Waals surface area contributed by atoms with E-state index in [4.69, 9.17) is 0 Å². The molecule has 1 saturated heterocycles. The molecule has 1 aliphatic heterocycles. The molecule has 0 aromatic heterocycles. The Morgan fingerprint density at radius 2 is 1.92 bits per heavy atom. The Hall–Kier alpha value is -0.770. The van der Waals surface area contributed by atoms with E-state index in [2.05, 4.69) is 16.0 Å². The van der Waals surface area contributed by atoms with Gasteiger partial charge in [-0.15, -0.1) is 0 Å². The third-order valence-corrected chi connectivity index (χ3v) is 2.54. The maximum absolute atomic E-state index is 11.3. The van der Waals surface area contributed by atoms with Crippen LogP contribution in [-0.2, 0) is 0 Å². The standard InChI is InChI=1S/C9H17N3O/c13-9(11-7-3-4-7)12-8-2-1-5-10-6-8/h7-8,10H,1-6H2,(H2,11,12,13)/t8-/m0/s1. The van der Waals surface area contributed by atoms with E-state index in [0.717, 1.165) is 38.8 Å². The Bertz CT molecular complexity index is 185. The molecule has 4 nitrogen and oxygen atoms in total. The lowest BCUT2D eigenvalue weighted by Gasteiger charge is -2.23. The predicted octanol–water partition coefficient (Wildman–Crippen LogP) is 0.200. The molecule has 2 rings (SSSR count). The van der Waals surface area contributed by atoms with Gasteiger partial charge in [0, 0.05) is 18.6 Å². The van der Waals surface area contributed by atoms with Crippen LogP contribution in [0.2, 0.25) is 0 Å². The van der Waals surface area contributed by atoms with Crippen molar-refractivity contribution in [2.75, 3.05) is 13.1 Å². The van der Waals surface area contributed by atoms with Gasteiger partial charge in [0.25, 0.3) is 0 Å². The minimum absolute atomic E-state index is 0.0104. The van der Waals surface area contributed by atoms with Gasteiger partial charge in [-0.3, -0.25) is 0 Å². The van der Waals surface area contributed by atoms with Crippen LogP contribution in [0, 0.1) is 0 Å². The summed E-state index contributed by atoms with van der Waals surface area (Å²) in [6, 6.07) is 0.792. The van der Waals surface area contributed by atoms with Crippen molar-refractivity contribution < 1.29 is 4.79 Å². The fourth-order valence-corrected chi connectivity index (χ4v) is 1.62. The fraction of sp³-hybridized carbons (Fsp3) is 0.889. The van der Waals surface area contributed by atoms with Crippen LogP contribution in [0.5, 0.6) is 0 Å². The van der Waals surface area contributed by atoms with Gasteiger partial charge in [-0.2, -0.15) is 0 Å². The van der Waals surface area contributed by atoms with Crippen LogP contribution < -0.4 is 16.0 Å². The average Bonchev–Trinajstić information content (AvgIpc) is 2.90. The molecule has 13 heavy (non-hydrogen) atoms. The number of piperidine rings is 1. The summed E-state index contributed by atoms with van der Waals surface area (Å²) in [5.74, 6) is 0. The fourth-order valence-electron chi connectivity index (χ4n) is 1.62. The summed E-state index contributed by atoms with van der Waals surface area (Å²) in [5.41, 5.74) is 0. The molecule has 1 heterocycles. The summed E-state index contributed by atoms with van der Waals surface area (Å²) >= 11 is 0. The molecule has 3 N–H and O–H groups in total. The molecule has 74 valence electrons. The highest BCUT2D eigenvalue weighted by atomic mass is 16.2. The summed E-state index contributed by atoms with van der Waals surface area (Å²) in [6.45, 7) is 2.00. The van der Waals surface area contributed by atoms with Crippen LogP contribution in [0.15, 0.2) is 0 Å². The first-order chi connectivity index (χ1) is 6.34. The molecule has 0 aromatic rings. The van der Waals surface area contributed by atoms with E-state index in [1.165, 1.54) is 0 Å². The summed E-state index contributed by atoms with van der Waals surface area (Å²) < 4.78 is 0. The third kappa shape index (κ3) is 2.88. The number of carbonyl (C=O) groups is 1. The summed E-state index contributed by atoms with van der Waals surface area (Å²) in [7, 11) is 0. The molecular weight excluding hydrogens is 166 g/mol. The number of hydrogen-bond acceptors (Lipinski definition) is 2. The Balaban J connectivity index is 1.66. The van der Waals surface area contributed by atoms with E-state index < -0.39 is 0 Å². The molecule has 0 bridgehead atoms. The lowest BCUT2D eigenvalue weighted by molar-refractivity contribution is 0.233. The van der Waals surface area contributed by atoms with Crippen molar-refractivity contribution in [3.63, 3.8) is 0 Å². The van der Waals surface area contributed by atoms with Gasteiger partial charge in [-0.05, 0) is 32.2 Å². The van der Waals surface area contributed by atoms with E-state index in [-0.39, 0.29) is 6.03 Å². The van der Waals surface area contributed by atoms with Gasteiger partial charge < -0.3 is 16.0 Å². The average molecular weight is 183 g/mol. The van der Waals surface area contributed by atoms with Gasteiger partial charge in [0.1, 0.15) is 0 Å². The van der Waals surface area contributed by atoms with Gasteiger partial charge >= 0.3 is 6.03 Å². The SMILES string of the molecule is O=C(NC1CC1)N[C@H]1CCCNC1. The first-order valence-corrected chi connectivity index (χ1v) is 5.12. The zero-order valence-corrected chi connectivity index (χ0v) is 7.81. The van der Waals surface area contributed by atoms with Crippen molar-refractivity contribution in [2.24, 2.45) is 0 Å². The highest BCUT2D eigenvalue weighted by Crippen LogP contribution is 2.18. The van der Waals surface area contributed by atoms with Crippen LogP contribution >= 0.6 is 0 Å². The van der Waals surface area contributed by atoms with Gasteiger partial charge in [-0.25, -0.2) is 4.79 Å². The van der Waals surface area contributed by atoms with Gasteiger partial charge in [0.05, 0.1) is 0 Å². The minimum Gasteiger partial charge on any atom is -0.335 e. The Morgan fingerprint density at radius 3 is 2.54 bits per heavy atom. The predicted molar refractivity (Wildman–Crippen MR) is 50.6 cm³/mol.